The molecule has 2 aliphatic heterocycles. The fourth-order valence-electron chi connectivity index (χ4n) is 3.94. The van der Waals surface area contributed by atoms with Crippen molar-refractivity contribution in [2.24, 2.45) is 0 Å². The van der Waals surface area contributed by atoms with Crippen LogP contribution in [-0.4, -0.2) is 23.1 Å². The number of anilines is 2. The molecule has 4 heteroatoms. The molecule has 0 radical (unpaired) electrons. The summed E-state index contributed by atoms with van der Waals surface area (Å²) in [5, 5.41) is 0. The van der Waals surface area contributed by atoms with E-state index in [1.54, 1.807) is 0 Å². The molecule has 0 spiro atoms. The molecule has 2 aliphatic rings. The summed E-state index contributed by atoms with van der Waals surface area (Å²) in [5.41, 5.74) is 5.10. The summed E-state index contributed by atoms with van der Waals surface area (Å²) in [7, 11) is 0. The van der Waals surface area contributed by atoms with Gasteiger partial charge < -0.3 is 19.6 Å². The van der Waals surface area contributed by atoms with Gasteiger partial charge in [-0.15, -0.1) is 0 Å². The Hall–Kier alpha value is -3.66. The molecule has 0 aliphatic carbocycles. The fourth-order valence-corrected chi connectivity index (χ4v) is 3.94. The van der Waals surface area contributed by atoms with E-state index in [9.17, 15) is 0 Å². The minimum Gasteiger partial charge on any atom is -0.354 e. The third-order valence-corrected chi connectivity index (χ3v) is 5.55. The molecule has 0 fully saturated rings. The second-order valence-corrected chi connectivity index (χ2v) is 7.80. The van der Waals surface area contributed by atoms with Gasteiger partial charge in [-0.05, 0) is 35.4 Å². The Kier molecular flexibility index (Phi) is 5.13. The van der Waals surface area contributed by atoms with E-state index in [2.05, 4.69) is 129 Å². The second kappa shape index (κ2) is 8.37. The second-order valence-electron chi connectivity index (χ2n) is 7.80. The zero-order valence-corrected chi connectivity index (χ0v) is 17.0. The van der Waals surface area contributed by atoms with Gasteiger partial charge in [0.15, 0.2) is 0 Å². The molecule has 3 aromatic rings. The lowest BCUT2D eigenvalue weighted by Gasteiger charge is -2.24. The minimum absolute atomic E-state index is 0.878. The van der Waals surface area contributed by atoms with Gasteiger partial charge >= 0.3 is 0 Å². The summed E-state index contributed by atoms with van der Waals surface area (Å²) in [6, 6.07) is 30.0. The van der Waals surface area contributed by atoms with E-state index in [-0.39, 0.29) is 0 Å². The smallest absolute Gasteiger partial charge is 0.0945 e. The fraction of sp³-hybridized carbons (Fsp3) is 0.154. The molecule has 0 amide bonds. The summed E-state index contributed by atoms with van der Waals surface area (Å²) in [4.78, 5) is 9.23. The lowest BCUT2D eigenvalue weighted by molar-refractivity contribution is 0.400. The molecule has 5 rings (SSSR count). The molecule has 0 bridgehead atoms. The molecule has 0 unspecified atom stereocenters. The van der Waals surface area contributed by atoms with Gasteiger partial charge in [0, 0.05) is 49.3 Å². The maximum Gasteiger partial charge on any atom is 0.0945 e. The average Bonchev–Trinajstić information content (AvgIpc) is 3.45. The number of benzene rings is 3. The van der Waals surface area contributed by atoms with Crippen LogP contribution in [0.5, 0.6) is 0 Å². The third kappa shape index (κ3) is 4.18. The van der Waals surface area contributed by atoms with Crippen LogP contribution in [0.15, 0.2) is 110 Å². The van der Waals surface area contributed by atoms with Crippen LogP contribution in [-0.2, 0) is 13.1 Å². The molecule has 150 valence electrons. The SMILES string of the molecule is C1=CN(c2ccc(N3C=CN(Cc4ccccc4)C3)cc2)CN1Cc1ccccc1. The quantitative estimate of drug-likeness (QED) is 0.570. The van der Waals surface area contributed by atoms with Crippen LogP contribution in [0, 0.1) is 0 Å². The summed E-state index contributed by atoms with van der Waals surface area (Å²) in [6.45, 7) is 3.62. The van der Waals surface area contributed by atoms with E-state index in [1.165, 1.54) is 22.5 Å². The highest BCUT2D eigenvalue weighted by atomic mass is 15.3. The minimum atomic E-state index is 0.878. The standard InChI is InChI=1S/C26H26N4/c1-3-7-23(8-4-1)19-27-15-17-29(21-27)25-11-13-26(14-12-25)30-18-16-28(22-30)20-24-9-5-2-6-10-24/h1-18H,19-22H2. The molecule has 4 nitrogen and oxygen atoms in total. The van der Waals surface area contributed by atoms with Gasteiger partial charge in [-0.3, -0.25) is 0 Å². The highest BCUT2D eigenvalue weighted by molar-refractivity contribution is 5.59. The molecule has 3 aromatic carbocycles. The molecular weight excluding hydrogens is 368 g/mol. The Balaban J connectivity index is 1.17. The summed E-state index contributed by atoms with van der Waals surface area (Å²) in [6.07, 6.45) is 8.67. The van der Waals surface area contributed by atoms with Crippen molar-refractivity contribution >= 4 is 11.4 Å². The number of nitrogens with zero attached hydrogens (tertiary/aromatic N) is 4. The van der Waals surface area contributed by atoms with Gasteiger partial charge in [0.1, 0.15) is 0 Å². The van der Waals surface area contributed by atoms with Crippen LogP contribution in [0.1, 0.15) is 11.1 Å². The van der Waals surface area contributed by atoms with E-state index in [4.69, 9.17) is 0 Å². The van der Waals surface area contributed by atoms with Crippen LogP contribution < -0.4 is 9.80 Å². The van der Waals surface area contributed by atoms with E-state index in [1.807, 2.05) is 0 Å². The van der Waals surface area contributed by atoms with Crippen LogP contribution in [0.2, 0.25) is 0 Å². The Morgan fingerprint density at radius 3 is 1.27 bits per heavy atom. The van der Waals surface area contributed by atoms with Crippen molar-refractivity contribution in [3.05, 3.63) is 121 Å². The zero-order valence-electron chi connectivity index (χ0n) is 17.0. The summed E-state index contributed by atoms with van der Waals surface area (Å²) < 4.78 is 0. The molecular formula is C26H26N4. The van der Waals surface area contributed by atoms with Crippen molar-refractivity contribution in [1.29, 1.82) is 0 Å². The Morgan fingerprint density at radius 1 is 0.467 bits per heavy atom. The van der Waals surface area contributed by atoms with Gasteiger partial charge in [-0.25, -0.2) is 0 Å². The third-order valence-electron chi connectivity index (χ3n) is 5.55. The van der Waals surface area contributed by atoms with E-state index in [0.717, 1.165) is 26.4 Å². The topological polar surface area (TPSA) is 13.0 Å². The van der Waals surface area contributed by atoms with Crippen LogP contribution >= 0.6 is 0 Å². The number of hydrogen-bond donors (Lipinski definition) is 0. The maximum absolute atomic E-state index is 2.33. The van der Waals surface area contributed by atoms with Gasteiger partial charge in [0.05, 0.1) is 13.3 Å². The molecule has 30 heavy (non-hydrogen) atoms. The molecule has 2 heterocycles. The molecule has 0 aromatic heterocycles. The van der Waals surface area contributed by atoms with Crippen molar-refractivity contribution in [3.8, 4) is 0 Å². The Bertz CT molecular complexity index is 927. The first-order chi connectivity index (χ1) is 14.8. The number of hydrogen-bond acceptors (Lipinski definition) is 4. The van der Waals surface area contributed by atoms with E-state index < -0.39 is 0 Å². The van der Waals surface area contributed by atoms with E-state index in [0.29, 0.717) is 0 Å². The van der Waals surface area contributed by atoms with Crippen molar-refractivity contribution < 1.29 is 0 Å². The lowest BCUT2D eigenvalue weighted by atomic mass is 10.2. The van der Waals surface area contributed by atoms with Gasteiger partial charge in [0.25, 0.3) is 0 Å². The molecule has 0 N–H and O–H groups in total. The molecule has 0 atom stereocenters. The summed E-state index contributed by atoms with van der Waals surface area (Å²) >= 11 is 0. The highest BCUT2D eigenvalue weighted by Gasteiger charge is 2.16. The van der Waals surface area contributed by atoms with Gasteiger partial charge in [-0.2, -0.15) is 0 Å². The van der Waals surface area contributed by atoms with E-state index >= 15 is 0 Å². The van der Waals surface area contributed by atoms with Crippen molar-refractivity contribution in [2.75, 3.05) is 23.1 Å². The van der Waals surface area contributed by atoms with Crippen LogP contribution in [0.25, 0.3) is 0 Å². The van der Waals surface area contributed by atoms with Gasteiger partial charge in [0.2, 0.25) is 0 Å². The molecule has 0 saturated carbocycles. The normalized spacial score (nSPS) is 15.5. The zero-order chi connectivity index (χ0) is 20.2. The van der Waals surface area contributed by atoms with Crippen molar-refractivity contribution in [3.63, 3.8) is 0 Å². The monoisotopic (exact) mass is 394 g/mol. The first kappa shape index (κ1) is 18.4. The first-order valence-electron chi connectivity index (χ1n) is 10.4. The van der Waals surface area contributed by atoms with Crippen molar-refractivity contribution in [2.45, 2.75) is 13.1 Å². The van der Waals surface area contributed by atoms with Crippen LogP contribution in [0.3, 0.4) is 0 Å². The summed E-state index contributed by atoms with van der Waals surface area (Å²) in [5.74, 6) is 0. The van der Waals surface area contributed by atoms with Crippen molar-refractivity contribution in [1.82, 2.24) is 9.80 Å². The van der Waals surface area contributed by atoms with Crippen LogP contribution in [0.4, 0.5) is 11.4 Å². The average molecular weight is 395 g/mol. The molecule has 0 saturated heterocycles. The predicted molar refractivity (Wildman–Crippen MR) is 123 cm³/mol. The number of rotatable bonds is 6. The lowest BCUT2D eigenvalue weighted by Crippen LogP contribution is -2.25. The Morgan fingerprint density at radius 2 is 0.867 bits per heavy atom. The largest absolute Gasteiger partial charge is 0.354 e. The predicted octanol–water partition coefficient (Wildman–Crippen LogP) is 5.19. The first-order valence-corrected chi connectivity index (χ1v) is 10.4. The van der Waals surface area contributed by atoms with Gasteiger partial charge in [-0.1, -0.05) is 60.7 Å². The maximum atomic E-state index is 2.33. The Labute approximate surface area is 178 Å². The highest BCUT2D eigenvalue weighted by Crippen LogP contribution is 2.26.